The van der Waals surface area contributed by atoms with Crippen molar-refractivity contribution in [3.8, 4) is 0 Å². The molecule has 1 atom stereocenters. The van der Waals surface area contributed by atoms with Crippen molar-refractivity contribution in [2.75, 3.05) is 53.2 Å². The third kappa shape index (κ3) is 6.07. The van der Waals surface area contributed by atoms with Crippen molar-refractivity contribution in [2.24, 2.45) is 12.5 Å². The number of halogens is 1. The van der Waals surface area contributed by atoms with Crippen LogP contribution in [0.25, 0.3) is 17.0 Å². The molecule has 0 amide bonds. The quantitative estimate of drug-likeness (QED) is 0.177. The fraction of sp³-hybridized carbons (Fsp3) is 0.341. The largest absolute Gasteiger partial charge is 0.370 e. The third-order valence-corrected chi connectivity index (χ3v) is 11.4. The number of anilines is 5. The number of benzene rings is 2. The number of aromatic nitrogens is 4. The van der Waals surface area contributed by atoms with E-state index in [0.29, 0.717) is 16.8 Å². The van der Waals surface area contributed by atoms with Gasteiger partial charge in [0.1, 0.15) is 5.02 Å². The van der Waals surface area contributed by atoms with Crippen LogP contribution in [0.2, 0.25) is 5.02 Å². The Bertz CT molecular complexity index is 2120. The van der Waals surface area contributed by atoms with Crippen LogP contribution >= 0.6 is 11.6 Å². The van der Waals surface area contributed by atoms with E-state index < -0.39 is 0 Å². The standard InChI is InChI=1S/C41H46ClN9/c1-7-8-10-29-19-30-20-31(12-16-36(30)48(5)28(29)4)45-39-35(42)22-43-40(46-39)50-18-9-17-41(23-50)24-51(25-41)32-13-15-34-37(21-32)49(6)47-38(34)33-14-11-26(2)44-27(33)3/h7,12-13,15-16,19-22,33,44H,1-4,8-11,14,17-18,23-25H2,5-6H3,(H,43,45,46). The lowest BCUT2D eigenvalue weighted by atomic mass is 9.73. The number of piperidine rings is 2. The van der Waals surface area contributed by atoms with E-state index in [2.05, 4.69) is 101 Å². The molecule has 10 heteroatoms. The number of aryl methyl sites for hydroxylation is 1. The molecular formula is C41H46ClN9. The maximum Gasteiger partial charge on any atom is 0.227 e. The minimum atomic E-state index is 0.190. The van der Waals surface area contributed by atoms with E-state index in [-0.39, 0.29) is 11.3 Å². The first-order chi connectivity index (χ1) is 24.6. The molecule has 3 saturated heterocycles. The van der Waals surface area contributed by atoms with Gasteiger partial charge in [-0.15, -0.1) is 6.58 Å². The van der Waals surface area contributed by atoms with Crippen LogP contribution in [-0.4, -0.2) is 53.0 Å². The maximum absolute atomic E-state index is 6.67. The van der Waals surface area contributed by atoms with Crippen LogP contribution in [0.1, 0.15) is 55.7 Å². The average Bonchev–Trinajstić information content (AvgIpc) is 3.44. The highest BCUT2D eigenvalue weighted by atomic mass is 35.5. The van der Waals surface area contributed by atoms with Gasteiger partial charge in [0.25, 0.3) is 0 Å². The summed E-state index contributed by atoms with van der Waals surface area (Å²) in [5.74, 6) is 1.52. The molecule has 0 bridgehead atoms. The summed E-state index contributed by atoms with van der Waals surface area (Å²) in [7, 11) is 4.11. The van der Waals surface area contributed by atoms with Gasteiger partial charge in [-0.3, -0.25) is 4.68 Å². The molecule has 4 aliphatic heterocycles. The predicted octanol–water partition coefficient (Wildman–Crippen LogP) is 8.67. The molecule has 8 rings (SSSR count). The van der Waals surface area contributed by atoms with Crippen molar-refractivity contribution < 1.29 is 0 Å². The lowest BCUT2D eigenvalue weighted by Crippen LogP contribution is -2.63. The van der Waals surface area contributed by atoms with Crippen molar-refractivity contribution in [3.63, 3.8) is 0 Å². The number of allylic oxidation sites excluding steroid dienone is 4. The Morgan fingerprint density at radius 2 is 1.90 bits per heavy atom. The number of nitrogens with zero attached hydrogens (tertiary/aromatic N) is 7. The lowest BCUT2D eigenvalue weighted by Gasteiger charge is -2.55. The maximum atomic E-state index is 6.67. The van der Waals surface area contributed by atoms with Crippen LogP contribution in [-0.2, 0) is 7.05 Å². The Labute approximate surface area is 305 Å². The monoisotopic (exact) mass is 699 g/mol. The summed E-state index contributed by atoms with van der Waals surface area (Å²) in [4.78, 5) is 16.6. The first kappa shape index (κ1) is 33.1. The minimum Gasteiger partial charge on any atom is -0.370 e. The SMILES string of the molecule is C=CCCC1=Cc2cc(Nc3nc(N4CCCC5(CN(c6ccc7c(C8CCC(=C)NC8=C)nn(C)c7c6)C5)C4)ncc3Cl)ccc2N(C)C1=C. The first-order valence-electron chi connectivity index (χ1n) is 17.9. The number of hydrogen-bond donors (Lipinski definition) is 2. The number of likely N-dealkylation sites (N-methyl/N-ethyl adjacent to an activating group) is 1. The van der Waals surface area contributed by atoms with Crippen LogP contribution in [0.15, 0.2) is 97.7 Å². The molecule has 2 aromatic carbocycles. The fourth-order valence-corrected chi connectivity index (χ4v) is 8.51. The third-order valence-electron chi connectivity index (χ3n) is 11.2. The summed E-state index contributed by atoms with van der Waals surface area (Å²) in [6, 6.07) is 13.1. The van der Waals surface area contributed by atoms with Crippen molar-refractivity contribution >= 4 is 57.4 Å². The Morgan fingerprint density at radius 3 is 2.71 bits per heavy atom. The molecule has 4 aliphatic rings. The lowest BCUT2D eigenvalue weighted by molar-refractivity contribution is 0.173. The highest BCUT2D eigenvalue weighted by Gasteiger charge is 2.46. The molecule has 1 spiro atoms. The number of nitrogens with one attached hydrogen (secondary N) is 2. The van der Waals surface area contributed by atoms with Crippen molar-refractivity contribution in [3.05, 3.63) is 114 Å². The molecule has 0 saturated carbocycles. The molecule has 1 unspecified atom stereocenters. The highest BCUT2D eigenvalue weighted by Crippen LogP contribution is 2.44. The van der Waals surface area contributed by atoms with Crippen LogP contribution in [0.5, 0.6) is 0 Å². The van der Waals surface area contributed by atoms with E-state index in [9.17, 15) is 0 Å². The first-order valence-corrected chi connectivity index (χ1v) is 18.3. The van der Waals surface area contributed by atoms with Gasteiger partial charge in [-0.25, -0.2) is 4.98 Å². The van der Waals surface area contributed by atoms with Gasteiger partial charge in [-0.1, -0.05) is 37.4 Å². The van der Waals surface area contributed by atoms with Crippen LogP contribution in [0.4, 0.5) is 28.8 Å². The molecule has 0 radical (unpaired) electrons. The molecule has 2 N–H and O–H groups in total. The Balaban J connectivity index is 0.961. The summed E-state index contributed by atoms with van der Waals surface area (Å²) in [6.45, 7) is 20.4. The second-order valence-corrected chi connectivity index (χ2v) is 15.1. The molecule has 51 heavy (non-hydrogen) atoms. The zero-order chi connectivity index (χ0) is 35.4. The Kier molecular flexibility index (Phi) is 8.41. The zero-order valence-electron chi connectivity index (χ0n) is 29.7. The molecule has 4 aromatic rings. The Morgan fingerprint density at radius 1 is 1.08 bits per heavy atom. The molecule has 9 nitrogen and oxygen atoms in total. The van der Waals surface area contributed by atoms with E-state index in [1.54, 1.807) is 6.20 Å². The van der Waals surface area contributed by atoms with Gasteiger partial charge in [0, 0.05) is 96.7 Å². The summed E-state index contributed by atoms with van der Waals surface area (Å²) >= 11 is 6.67. The van der Waals surface area contributed by atoms with Crippen molar-refractivity contribution in [2.45, 2.75) is 44.4 Å². The summed E-state index contributed by atoms with van der Waals surface area (Å²) < 4.78 is 2.02. The normalized spacial score (nSPS) is 19.9. The smallest absolute Gasteiger partial charge is 0.227 e. The van der Waals surface area contributed by atoms with Gasteiger partial charge in [-0.2, -0.15) is 10.1 Å². The van der Waals surface area contributed by atoms with E-state index in [1.165, 1.54) is 23.1 Å². The van der Waals surface area contributed by atoms with Gasteiger partial charge in [0.05, 0.1) is 17.4 Å². The molecule has 2 aromatic heterocycles. The number of hydrogen-bond acceptors (Lipinski definition) is 8. The Hall–Kier alpha value is -5.02. The van der Waals surface area contributed by atoms with Gasteiger partial charge >= 0.3 is 0 Å². The predicted molar refractivity (Wildman–Crippen MR) is 212 cm³/mol. The second kappa shape index (κ2) is 12.9. The number of fused-ring (bicyclic) bond motifs is 2. The average molecular weight is 700 g/mol. The molecule has 0 aliphatic carbocycles. The van der Waals surface area contributed by atoms with Gasteiger partial charge < -0.3 is 25.3 Å². The second-order valence-electron chi connectivity index (χ2n) is 14.7. The van der Waals surface area contributed by atoms with E-state index in [1.807, 2.05) is 17.8 Å². The van der Waals surface area contributed by atoms with Gasteiger partial charge in [0.2, 0.25) is 5.95 Å². The van der Waals surface area contributed by atoms with E-state index in [4.69, 9.17) is 26.7 Å². The molecule has 262 valence electrons. The molecule has 3 fully saturated rings. The molecule has 6 heterocycles. The van der Waals surface area contributed by atoms with E-state index >= 15 is 0 Å². The number of rotatable bonds is 8. The summed E-state index contributed by atoms with van der Waals surface area (Å²) in [5.41, 5.74) is 11.1. The van der Waals surface area contributed by atoms with Gasteiger partial charge in [0.15, 0.2) is 5.82 Å². The summed E-state index contributed by atoms with van der Waals surface area (Å²) in [6.07, 6.45) is 11.9. The topological polar surface area (TPSA) is 77.4 Å². The fourth-order valence-electron chi connectivity index (χ4n) is 8.38. The highest BCUT2D eigenvalue weighted by molar-refractivity contribution is 6.32. The van der Waals surface area contributed by atoms with Crippen LogP contribution in [0, 0.1) is 5.41 Å². The van der Waals surface area contributed by atoms with E-state index in [0.717, 1.165) is 104 Å². The van der Waals surface area contributed by atoms with Crippen LogP contribution in [0.3, 0.4) is 0 Å². The minimum absolute atomic E-state index is 0.190. The van der Waals surface area contributed by atoms with Crippen molar-refractivity contribution in [1.29, 1.82) is 0 Å². The van der Waals surface area contributed by atoms with Gasteiger partial charge in [-0.05, 0) is 86.6 Å². The molecular weight excluding hydrogens is 654 g/mol. The zero-order valence-corrected chi connectivity index (χ0v) is 30.4. The van der Waals surface area contributed by atoms with Crippen molar-refractivity contribution in [1.82, 2.24) is 25.1 Å². The summed E-state index contributed by atoms with van der Waals surface area (Å²) in [5, 5.41) is 13.5. The van der Waals surface area contributed by atoms with Crippen LogP contribution < -0.4 is 25.3 Å².